The van der Waals surface area contributed by atoms with E-state index >= 15 is 0 Å². The van der Waals surface area contributed by atoms with E-state index in [4.69, 9.17) is 5.73 Å². The fourth-order valence-electron chi connectivity index (χ4n) is 2.96. The highest BCUT2D eigenvalue weighted by Gasteiger charge is 2.37. The molecule has 0 saturated heterocycles. The molecule has 0 radical (unpaired) electrons. The van der Waals surface area contributed by atoms with Crippen LogP contribution < -0.4 is 5.73 Å². The Kier molecular flexibility index (Phi) is 2.51. The Labute approximate surface area is 98.0 Å². The van der Waals surface area contributed by atoms with Crippen LogP contribution in [-0.2, 0) is 6.42 Å². The van der Waals surface area contributed by atoms with Crippen molar-refractivity contribution in [3.8, 4) is 0 Å². The molecule has 0 aromatic heterocycles. The molecule has 3 rings (SSSR count). The molecule has 1 aromatic rings. The van der Waals surface area contributed by atoms with Crippen LogP contribution in [0.4, 0.5) is 0 Å². The number of rotatable bonds is 3. The summed E-state index contributed by atoms with van der Waals surface area (Å²) in [6.45, 7) is 0. The van der Waals surface area contributed by atoms with E-state index in [0.717, 1.165) is 12.3 Å². The molecule has 2 aliphatic carbocycles. The van der Waals surface area contributed by atoms with E-state index in [1.54, 1.807) is 5.56 Å². The highest BCUT2D eigenvalue weighted by molar-refractivity contribution is 5.29. The van der Waals surface area contributed by atoms with Crippen LogP contribution in [0.1, 0.15) is 55.6 Å². The molecule has 1 nitrogen and oxygen atoms in total. The van der Waals surface area contributed by atoms with E-state index < -0.39 is 0 Å². The van der Waals surface area contributed by atoms with Gasteiger partial charge < -0.3 is 5.73 Å². The zero-order valence-electron chi connectivity index (χ0n) is 9.91. The molecule has 0 spiro atoms. The van der Waals surface area contributed by atoms with Crippen molar-refractivity contribution in [1.29, 1.82) is 0 Å². The Morgan fingerprint density at radius 1 is 1.19 bits per heavy atom. The van der Waals surface area contributed by atoms with Gasteiger partial charge in [-0.3, -0.25) is 0 Å². The lowest BCUT2D eigenvalue weighted by Crippen LogP contribution is -2.24. The number of nitrogens with two attached hydrogens (primary N) is 1. The second-order valence-corrected chi connectivity index (χ2v) is 5.77. The van der Waals surface area contributed by atoms with Gasteiger partial charge in [-0.25, -0.2) is 0 Å². The summed E-state index contributed by atoms with van der Waals surface area (Å²) in [7, 11) is 0. The first-order valence-electron chi connectivity index (χ1n) is 6.63. The second kappa shape index (κ2) is 3.89. The van der Waals surface area contributed by atoms with Crippen molar-refractivity contribution in [1.82, 2.24) is 0 Å². The Morgan fingerprint density at radius 3 is 2.62 bits per heavy atom. The standard InChI is InChI=1S/C15H21N/c16-15(8-9-15)11-12-4-3-7-14(10-12)13-5-1-2-6-13/h3-4,7,10,13H,1-2,5-6,8-9,11,16H2. The van der Waals surface area contributed by atoms with E-state index in [0.29, 0.717) is 0 Å². The van der Waals surface area contributed by atoms with Crippen molar-refractivity contribution in [2.45, 2.75) is 56.4 Å². The van der Waals surface area contributed by atoms with Gasteiger partial charge in [0.15, 0.2) is 0 Å². The number of hydrogen-bond acceptors (Lipinski definition) is 1. The first kappa shape index (κ1) is 10.3. The largest absolute Gasteiger partial charge is 0.325 e. The minimum Gasteiger partial charge on any atom is -0.325 e. The predicted octanol–water partition coefficient (Wildman–Crippen LogP) is 3.38. The smallest absolute Gasteiger partial charge is 0.0196 e. The van der Waals surface area contributed by atoms with Crippen LogP contribution in [0.3, 0.4) is 0 Å². The van der Waals surface area contributed by atoms with Gasteiger partial charge in [-0.2, -0.15) is 0 Å². The average Bonchev–Trinajstić information content (AvgIpc) is 2.84. The van der Waals surface area contributed by atoms with Crippen LogP contribution in [0.25, 0.3) is 0 Å². The second-order valence-electron chi connectivity index (χ2n) is 5.77. The molecule has 0 amide bonds. The lowest BCUT2D eigenvalue weighted by Gasteiger charge is -2.13. The quantitative estimate of drug-likeness (QED) is 0.822. The minimum atomic E-state index is 0.147. The molecule has 2 aliphatic rings. The van der Waals surface area contributed by atoms with Gasteiger partial charge in [-0.05, 0) is 49.1 Å². The van der Waals surface area contributed by atoms with Crippen LogP contribution in [0, 0.1) is 0 Å². The molecule has 1 heteroatoms. The van der Waals surface area contributed by atoms with Crippen LogP contribution in [-0.4, -0.2) is 5.54 Å². The maximum absolute atomic E-state index is 6.18. The van der Waals surface area contributed by atoms with Crippen molar-refractivity contribution in [3.05, 3.63) is 35.4 Å². The summed E-state index contributed by atoms with van der Waals surface area (Å²) in [5.74, 6) is 0.827. The van der Waals surface area contributed by atoms with Crippen LogP contribution in [0.5, 0.6) is 0 Å². The van der Waals surface area contributed by atoms with Crippen LogP contribution >= 0.6 is 0 Å². The number of benzene rings is 1. The zero-order chi connectivity index (χ0) is 11.0. The molecule has 86 valence electrons. The van der Waals surface area contributed by atoms with Gasteiger partial charge in [0.2, 0.25) is 0 Å². The van der Waals surface area contributed by atoms with Crippen molar-refractivity contribution in [2.75, 3.05) is 0 Å². The minimum absolute atomic E-state index is 0.147. The maximum Gasteiger partial charge on any atom is 0.0196 e. The Bertz CT molecular complexity index is 373. The molecule has 2 N–H and O–H groups in total. The average molecular weight is 215 g/mol. The zero-order valence-corrected chi connectivity index (χ0v) is 9.91. The molecule has 0 bridgehead atoms. The molecule has 0 aliphatic heterocycles. The normalized spacial score (nSPS) is 23.6. The number of hydrogen-bond donors (Lipinski definition) is 1. The molecule has 1 aromatic carbocycles. The predicted molar refractivity (Wildman–Crippen MR) is 67.5 cm³/mol. The third-order valence-electron chi connectivity index (χ3n) is 4.23. The topological polar surface area (TPSA) is 26.0 Å². The molecule has 0 atom stereocenters. The lowest BCUT2D eigenvalue weighted by atomic mass is 9.94. The lowest BCUT2D eigenvalue weighted by molar-refractivity contribution is 0.667. The van der Waals surface area contributed by atoms with Crippen LogP contribution in [0.2, 0.25) is 0 Å². The maximum atomic E-state index is 6.18. The molecule has 16 heavy (non-hydrogen) atoms. The van der Waals surface area contributed by atoms with E-state index in [9.17, 15) is 0 Å². The molecular formula is C15H21N. The van der Waals surface area contributed by atoms with Crippen LogP contribution in [0.15, 0.2) is 24.3 Å². The van der Waals surface area contributed by atoms with Crippen molar-refractivity contribution >= 4 is 0 Å². The van der Waals surface area contributed by atoms with Crippen molar-refractivity contribution < 1.29 is 0 Å². The highest BCUT2D eigenvalue weighted by atomic mass is 14.8. The molecular weight excluding hydrogens is 194 g/mol. The van der Waals surface area contributed by atoms with Gasteiger partial charge in [0.25, 0.3) is 0 Å². The van der Waals surface area contributed by atoms with Crippen molar-refractivity contribution in [3.63, 3.8) is 0 Å². The summed E-state index contributed by atoms with van der Waals surface area (Å²) in [6.07, 6.45) is 9.09. The summed E-state index contributed by atoms with van der Waals surface area (Å²) in [5.41, 5.74) is 9.33. The fraction of sp³-hybridized carbons (Fsp3) is 0.600. The van der Waals surface area contributed by atoms with Gasteiger partial charge in [-0.1, -0.05) is 37.1 Å². The SMILES string of the molecule is NC1(Cc2cccc(C3CCCC3)c2)CC1. The first-order chi connectivity index (χ1) is 7.75. The fourth-order valence-corrected chi connectivity index (χ4v) is 2.96. The monoisotopic (exact) mass is 215 g/mol. The molecule has 2 saturated carbocycles. The third kappa shape index (κ3) is 2.15. The van der Waals surface area contributed by atoms with E-state index in [-0.39, 0.29) is 5.54 Å². The van der Waals surface area contributed by atoms with E-state index in [2.05, 4.69) is 24.3 Å². The van der Waals surface area contributed by atoms with Gasteiger partial charge in [0.1, 0.15) is 0 Å². The Hall–Kier alpha value is -0.820. The Morgan fingerprint density at radius 2 is 1.94 bits per heavy atom. The van der Waals surface area contributed by atoms with Gasteiger partial charge in [0, 0.05) is 5.54 Å². The summed E-state index contributed by atoms with van der Waals surface area (Å²) in [4.78, 5) is 0. The third-order valence-corrected chi connectivity index (χ3v) is 4.23. The summed E-state index contributed by atoms with van der Waals surface area (Å²) < 4.78 is 0. The van der Waals surface area contributed by atoms with E-state index in [1.807, 2.05) is 0 Å². The van der Waals surface area contributed by atoms with Crippen molar-refractivity contribution in [2.24, 2.45) is 5.73 Å². The molecule has 0 unspecified atom stereocenters. The molecule has 2 fully saturated rings. The highest BCUT2D eigenvalue weighted by Crippen LogP contribution is 2.37. The van der Waals surface area contributed by atoms with E-state index in [1.165, 1.54) is 44.1 Å². The van der Waals surface area contributed by atoms with Gasteiger partial charge >= 0.3 is 0 Å². The summed E-state index contributed by atoms with van der Waals surface area (Å²) >= 11 is 0. The summed E-state index contributed by atoms with van der Waals surface area (Å²) in [6, 6.07) is 9.17. The molecule has 0 heterocycles. The first-order valence-corrected chi connectivity index (χ1v) is 6.63. The summed E-state index contributed by atoms with van der Waals surface area (Å²) in [5, 5.41) is 0. The van der Waals surface area contributed by atoms with Gasteiger partial charge in [0.05, 0.1) is 0 Å². The Balaban J connectivity index is 1.76. The van der Waals surface area contributed by atoms with Gasteiger partial charge in [-0.15, -0.1) is 0 Å².